The summed E-state index contributed by atoms with van der Waals surface area (Å²) in [5, 5.41) is 3.10. The molecule has 1 aliphatic rings. The number of carbonyl (C=O) groups is 1. The van der Waals surface area contributed by atoms with Crippen LogP contribution < -0.4 is 11.1 Å². The molecule has 1 rings (SSSR count). The zero-order chi connectivity index (χ0) is 12.0. The molecule has 0 aromatic heterocycles. The summed E-state index contributed by atoms with van der Waals surface area (Å²) in [6.07, 6.45) is 7.18. The summed E-state index contributed by atoms with van der Waals surface area (Å²) in [5.41, 5.74) is 5.89. The minimum atomic E-state index is 0.153. The van der Waals surface area contributed by atoms with Gasteiger partial charge in [0.15, 0.2) is 0 Å². The monoisotopic (exact) mass is 244 g/mol. The minimum absolute atomic E-state index is 0.153. The predicted molar refractivity (Wildman–Crippen MR) is 70.5 cm³/mol. The lowest BCUT2D eigenvalue weighted by atomic mass is 9.85. The molecule has 0 radical (unpaired) electrons. The van der Waals surface area contributed by atoms with Crippen LogP contribution in [0.4, 0.5) is 0 Å². The van der Waals surface area contributed by atoms with Crippen molar-refractivity contribution in [3.05, 3.63) is 0 Å². The van der Waals surface area contributed by atoms with E-state index in [1.165, 1.54) is 0 Å². The van der Waals surface area contributed by atoms with Gasteiger partial charge in [0.25, 0.3) is 0 Å². The number of thioether (sulfide) groups is 1. The molecule has 0 aromatic carbocycles. The molecule has 4 heteroatoms. The van der Waals surface area contributed by atoms with Crippen LogP contribution in [-0.4, -0.2) is 30.0 Å². The maximum atomic E-state index is 11.9. The molecule has 3 N–H and O–H groups in total. The fourth-order valence-electron chi connectivity index (χ4n) is 2.19. The van der Waals surface area contributed by atoms with Crippen molar-refractivity contribution in [2.75, 3.05) is 12.0 Å². The lowest BCUT2D eigenvalue weighted by molar-refractivity contribution is -0.126. The predicted octanol–water partition coefficient (Wildman–Crippen LogP) is 1.76. The third-order valence-electron chi connectivity index (χ3n) is 3.23. The van der Waals surface area contributed by atoms with Crippen LogP contribution in [0.2, 0.25) is 0 Å². The van der Waals surface area contributed by atoms with E-state index >= 15 is 0 Å². The first-order chi connectivity index (χ1) is 7.63. The largest absolute Gasteiger partial charge is 0.353 e. The molecule has 0 spiro atoms. The van der Waals surface area contributed by atoms with Gasteiger partial charge >= 0.3 is 0 Å². The molecule has 16 heavy (non-hydrogen) atoms. The van der Waals surface area contributed by atoms with E-state index in [1.807, 2.05) is 11.8 Å². The molecule has 1 aliphatic carbocycles. The van der Waals surface area contributed by atoms with Gasteiger partial charge in [-0.05, 0) is 44.6 Å². The zero-order valence-corrected chi connectivity index (χ0v) is 11.2. The Labute approximate surface area is 103 Å². The fraction of sp³-hybridized carbons (Fsp3) is 0.917. The first kappa shape index (κ1) is 13.8. The highest BCUT2D eigenvalue weighted by molar-refractivity contribution is 7.98. The Hall–Kier alpha value is -0.220. The molecule has 3 unspecified atom stereocenters. The van der Waals surface area contributed by atoms with E-state index in [0.717, 1.165) is 37.9 Å². The van der Waals surface area contributed by atoms with Crippen molar-refractivity contribution in [3.8, 4) is 0 Å². The minimum Gasteiger partial charge on any atom is -0.353 e. The van der Waals surface area contributed by atoms with E-state index in [-0.39, 0.29) is 23.9 Å². The molecule has 0 aliphatic heterocycles. The van der Waals surface area contributed by atoms with Gasteiger partial charge in [0.1, 0.15) is 0 Å². The second kappa shape index (κ2) is 7.17. The summed E-state index contributed by atoms with van der Waals surface area (Å²) in [5.74, 6) is 1.47. The number of nitrogens with one attached hydrogen (secondary N) is 1. The molecule has 1 saturated carbocycles. The number of nitrogens with two attached hydrogens (primary N) is 1. The summed E-state index contributed by atoms with van der Waals surface area (Å²) >= 11 is 1.82. The molecule has 3 atom stereocenters. The standard InChI is InChI=1S/C12H24N2OS/c1-9(6-7-16-2)14-12(15)10-4-3-5-11(13)8-10/h9-11H,3-8,13H2,1-2H3,(H,14,15). The number of rotatable bonds is 5. The molecular weight excluding hydrogens is 220 g/mol. The molecule has 1 amide bonds. The Morgan fingerprint density at radius 2 is 2.31 bits per heavy atom. The van der Waals surface area contributed by atoms with Crippen molar-refractivity contribution in [1.29, 1.82) is 0 Å². The number of amides is 1. The van der Waals surface area contributed by atoms with Crippen molar-refractivity contribution in [2.24, 2.45) is 11.7 Å². The lowest BCUT2D eigenvalue weighted by Gasteiger charge is -2.27. The molecule has 94 valence electrons. The summed E-state index contributed by atoms with van der Waals surface area (Å²) in [4.78, 5) is 11.9. The number of carbonyl (C=O) groups excluding carboxylic acids is 1. The van der Waals surface area contributed by atoms with Gasteiger partial charge < -0.3 is 11.1 Å². The van der Waals surface area contributed by atoms with E-state index < -0.39 is 0 Å². The van der Waals surface area contributed by atoms with Gasteiger partial charge in [0.05, 0.1) is 0 Å². The number of hydrogen-bond acceptors (Lipinski definition) is 3. The average Bonchev–Trinajstić information content (AvgIpc) is 2.26. The van der Waals surface area contributed by atoms with Crippen molar-refractivity contribution >= 4 is 17.7 Å². The quantitative estimate of drug-likeness (QED) is 0.775. The highest BCUT2D eigenvalue weighted by Gasteiger charge is 2.25. The third kappa shape index (κ3) is 4.74. The van der Waals surface area contributed by atoms with Gasteiger partial charge in [-0.1, -0.05) is 6.42 Å². The lowest BCUT2D eigenvalue weighted by Crippen LogP contribution is -2.41. The first-order valence-electron chi connectivity index (χ1n) is 6.18. The van der Waals surface area contributed by atoms with Crippen LogP contribution in [0.3, 0.4) is 0 Å². The van der Waals surface area contributed by atoms with Crippen molar-refractivity contribution < 1.29 is 4.79 Å². The normalized spacial score (nSPS) is 27.4. The van der Waals surface area contributed by atoms with Gasteiger partial charge in [-0.15, -0.1) is 0 Å². The Kier molecular flexibility index (Phi) is 6.21. The van der Waals surface area contributed by atoms with Crippen LogP contribution in [0, 0.1) is 5.92 Å². The van der Waals surface area contributed by atoms with Gasteiger partial charge in [0, 0.05) is 18.0 Å². The maximum Gasteiger partial charge on any atom is 0.223 e. The second-order valence-electron chi connectivity index (χ2n) is 4.81. The highest BCUT2D eigenvalue weighted by atomic mass is 32.2. The van der Waals surface area contributed by atoms with Crippen molar-refractivity contribution in [1.82, 2.24) is 5.32 Å². The molecule has 0 heterocycles. The highest BCUT2D eigenvalue weighted by Crippen LogP contribution is 2.23. The summed E-state index contributed by atoms with van der Waals surface area (Å²) in [7, 11) is 0. The van der Waals surface area contributed by atoms with Gasteiger partial charge in [-0.2, -0.15) is 11.8 Å². The maximum absolute atomic E-state index is 11.9. The van der Waals surface area contributed by atoms with E-state index in [0.29, 0.717) is 0 Å². The average molecular weight is 244 g/mol. The van der Waals surface area contributed by atoms with E-state index in [1.54, 1.807) is 0 Å². The van der Waals surface area contributed by atoms with Gasteiger partial charge in [0.2, 0.25) is 5.91 Å². The van der Waals surface area contributed by atoms with Crippen LogP contribution >= 0.6 is 11.8 Å². The summed E-state index contributed by atoms with van der Waals surface area (Å²) in [6, 6.07) is 0.518. The van der Waals surface area contributed by atoms with E-state index in [2.05, 4.69) is 18.5 Å². The Morgan fingerprint density at radius 3 is 2.94 bits per heavy atom. The van der Waals surface area contributed by atoms with E-state index in [4.69, 9.17) is 5.73 Å². The number of hydrogen-bond donors (Lipinski definition) is 2. The van der Waals surface area contributed by atoms with E-state index in [9.17, 15) is 4.79 Å². The SMILES string of the molecule is CSCCC(C)NC(=O)C1CCCC(N)C1. The Bertz CT molecular complexity index is 223. The van der Waals surface area contributed by atoms with Crippen LogP contribution in [-0.2, 0) is 4.79 Å². The molecule has 1 fully saturated rings. The topological polar surface area (TPSA) is 55.1 Å². The molecule has 0 aromatic rings. The zero-order valence-electron chi connectivity index (χ0n) is 10.4. The summed E-state index contributed by atoms with van der Waals surface area (Å²) in [6.45, 7) is 2.08. The molecule has 3 nitrogen and oxygen atoms in total. The molecule has 0 bridgehead atoms. The van der Waals surface area contributed by atoms with Gasteiger partial charge in [-0.25, -0.2) is 0 Å². The molecular formula is C12H24N2OS. The van der Waals surface area contributed by atoms with Crippen LogP contribution in [0.5, 0.6) is 0 Å². The Morgan fingerprint density at radius 1 is 1.56 bits per heavy atom. The molecule has 0 saturated heterocycles. The smallest absolute Gasteiger partial charge is 0.223 e. The van der Waals surface area contributed by atoms with Gasteiger partial charge in [-0.3, -0.25) is 4.79 Å². The Balaban J connectivity index is 2.27. The van der Waals surface area contributed by atoms with Crippen LogP contribution in [0.25, 0.3) is 0 Å². The van der Waals surface area contributed by atoms with Crippen LogP contribution in [0.1, 0.15) is 39.0 Å². The van der Waals surface area contributed by atoms with Crippen molar-refractivity contribution in [3.63, 3.8) is 0 Å². The van der Waals surface area contributed by atoms with Crippen molar-refractivity contribution in [2.45, 2.75) is 51.1 Å². The first-order valence-corrected chi connectivity index (χ1v) is 7.57. The summed E-state index contributed by atoms with van der Waals surface area (Å²) < 4.78 is 0. The third-order valence-corrected chi connectivity index (χ3v) is 3.87. The fourth-order valence-corrected chi connectivity index (χ4v) is 2.78. The van der Waals surface area contributed by atoms with Crippen LogP contribution in [0.15, 0.2) is 0 Å². The second-order valence-corrected chi connectivity index (χ2v) is 5.80.